The molecule has 4 atom stereocenters. The van der Waals surface area contributed by atoms with Crippen LogP contribution in [0, 0.1) is 10.8 Å². The zero-order valence-corrected chi connectivity index (χ0v) is 19.0. The van der Waals surface area contributed by atoms with E-state index in [4.69, 9.17) is 10.8 Å². The Labute approximate surface area is 207 Å². The molecule has 4 saturated heterocycles. The van der Waals surface area contributed by atoms with Gasteiger partial charge in [-0.15, -0.1) is 0 Å². The molecule has 0 bridgehead atoms. The summed E-state index contributed by atoms with van der Waals surface area (Å²) in [7, 11) is 0. The molecule has 1 aromatic rings. The quantitative estimate of drug-likeness (QED) is 0.163. The van der Waals surface area contributed by atoms with E-state index in [2.05, 4.69) is 21.3 Å². The predicted octanol–water partition coefficient (Wildman–Crippen LogP) is -1.95. The minimum Gasteiger partial charge on any atom is -0.361 e. The third-order valence-corrected chi connectivity index (χ3v) is 7.19. The number of alkyl halides is 3. The normalized spacial score (nSPS) is 30.5. The fourth-order valence-electron chi connectivity index (χ4n) is 5.43. The van der Waals surface area contributed by atoms with E-state index in [1.54, 1.807) is 0 Å². The highest BCUT2D eigenvalue weighted by atomic mass is 19.4. The van der Waals surface area contributed by atoms with E-state index in [0.29, 0.717) is 6.07 Å². The number of nitrogens with zero attached hydrogens (tertiary/aromatic N) is 2. The first kappa shape index (κ1) is 24.8. The summed E-state index contributed by atoms with van der Waals surface area (Å²) in [6.07, 6.45) is -4.64. The van der Waals surface area contributed by atoms with E-state index in [9.17, 15) is 37.8 Å². The highest BCUT2D eigenvalue weighted by Crippen LogP contribution is 2.43. The van der Waals surface area contributed by atoms with Gasteiger partial charge in [0.2, 0.25) is 17.6 Å². The fourth-order valence-corrected chi connectivity index (χ4v) is 5.43. The van der Waals surface area contributed by atoms with Crippen LogP contribution in [-0.2, 0) is 15.8 Å². The van der Waals surface area contributed by atoms with Crippen LogP contribution in [0.4, 0.5) is 13.2 Å². The number of rotatable bonds is 4. The Hall–Kier alpha value is -3.92. The van der Waals surface area contributed by atoms with Crippen molar-refractivity contribution in [1.29, 1.82) is 10.8 Å². The predicted molar refractivity (Wildman–Crippen MR) is 118 cm³/mol. The molecule has 37 heavy (non-hydrogen) atoms. The fraction of sp³-hybridized carbons (Fsp3) is 0.476. The second-order valence-electron chi connectivity index (χ2n) is 9.33. The number of imide groups is 1. The van der Waals surface area contributed by atoms with Gasteiger partial charge in [-0.25, -0.2) is 0 Å². The van der Waals surface area contributed by atoms with Crippen molar-refractivity contribution < 1.29 is 37.8 Å². The largest absolute Gasteiger partial charge is 0.416 e. The first-order chi connectivity index (χ1) is 17.3. The molecule has 0 saturated carbocycles. The van der Waals surface area contributed by atoms with E-state index in [-0.39, 0.29) is 43.4 Å². The number of halogens is 3. The first-order valence-electron chi connectivity index (χ1n) is 11.3. The number of benzene rings is 1. The van der Waals surface area contributed by atoms with Crippen molar-refractivity contribution in [2.24, 2.45) is 0 Å². The second kappa shape index (κ2) is 8.04. The van der Waals surface area contributed by atoms with Crippen molar-refractivity contribution in [1.82, 2.24) is 31.1 Å². The number of carbonyl (C=O) groups is 3. The van der Waals surface area contributed by atoms with Gasteiger partial charge in [-0.2, -0.15) is 13.2 Å². The maximum atomic E-state index is 13.1. The summed E-state index contributed by atoms with van der Waals surface area (Å²) in [6, 6.07) is 0.0741. The minimum absolute atomic E-state index is 0.0278. The lowest BCUT2D eigenvalue weighted by Crippen LogP contribution is -2.81. The molecule has 0 aromatic heterocycles. The molecule has 1 spiro atoms. The number of likely N-dealkylation sites (tertiary alicyclic amines) is 1. The molecule has 4 fully saturated rings. The molecule has 16 heteroatoms. The van der Waals surface area contributed by atoms with Gasteiger partial charge < -0.3 is 36.4 Å². The Morgan fingerprint density at radius 1 is 1.16 bits per heavy atom. The van der Waals surface area contributed by atoms with Crippen LogP contribution >= 0.6 is 0 Å². The van der Waals surface area contributed by atoms with Crippen LogP contribution in [-0.4, -0.2) is 92.3 Å². The number of amides is 3. The molecule has 0 radical (unpaired) electrons. The number of hydrogen-bond acceptors (Lipinski definition) is 7. The zero-order valence-electron chi connectivity index (χ0n) is 19.0. The Morgan fingerprint density at radius 2 is 1.84 bits per heavy atom. The summed E-state index contributed by atoms with van der Waals surface area (Å²) in [5.41, 5.74) is -3.42. The zero-order chi connectivity index (χ0) is 26.9. The molecule has 3 amide bonds. The standard InChI is InChI=1S/C21H23F3N8O5/c22-21(23,24)10-3-1-2-9(6-10)16(35)28-12-8-32-18(26)27-11(7-31-13(33)4-5-14(31)34)15-19(32,20(12,36)37)30-17(25)29-15/h1-3,6,11-12,15,36-37H,4-5,7-8H2,(H2,26,27)(H,28,35)(H3,25,29,30)/t11-,12-,15?,19?/m0/s1. The monoisotopic (exact) mass is 524 g/mol. The van der Waals surface area contributed by atoms with Crippen LogP contribution in [0.3, 0.4) is 0 Å². The lowest BCUT2D eigenvalue weighted by molar-refractivity contribution is -0.232. The lowest BCUT2D eigenvalue weighted by atomic mass is 9.84. The van der Waals surface area contributed by atoms with E-state index in [1.807, 2.05) is 0 Å². The molecular weight excluding hydrogens is 501 g/mol. The van der Waals surface area contributed by atoms with E-state index in [1.165, 1.54) is 4.90 Å². The Bertz CT molecular complexity index is 1210. The number of nitrogens with one attached hydrogen (secondary N) is 6. The first-order valence-corrected chi connectivity index (χ1v) is 11.3. The number of carbonyl (C=O) groups excluding carboxylic acids is 3. The summed E-state index contributed by atoms with van der Waals surface area (Å²) in [5, 5.41) is 49.8. The van der Waals surface area contributed by atoms with E-state index >= 15 is 0 Å². The van der Waals surface area contributed by atoms with Crippen molar-refractivity contribution >= 4 is 29.6 Å². The lowest BCUT2D eigenvalue weighted by Gasteiger charge is -2.51. The van der Waals surface area contributed by atoms with Crippen molar-refractivity contribution in [3.8, 4) is 0 Å². The van der Waals surface area contributed by atoms with Crippen LogP contribution in [0.2, 0.25) is 0 Å². The van der Waals surface area contributed by atoms with Crippen molar-refractivity contribution in [2.75, 3.05) is 13.1 Å². The van der Waals surface area contributed by atoms with Crippen molar-refractivity contribution in [3.05, 3.63) is 35.4 Å². The average Bonchev–Trinajstić information content (AvgIpc) is 3.41. The van der Waals surface area contributed by atoms with E-state index < -0.39 is 59.0 Å². The van der Waals surface area contributed by atoms with Crippen LogP contribution in [0.1, 0.15) is 28.8 Å². The van der Waals surface area contributed by atoms with Gasteiger partial charge in [-0.05, 0) is 18.2 Å². The highest BCUT2D eigenvalue weighted by Gasteiger charge is 2.74. The second-order valence-corrected chi connectivity index (χ2v) is 9.33. The molecule has 4 heterocycles. The summed E-state index contributed by atoms with van der Waals surface area (Å²) in [5.74, 6) is -5.40. The van der Waals surface area contributed by atoms with Gasteiger partial charge in [-0.1, -0.05) is 6.07 Å². The smallest absolute Gasteiger partial charge is 0.361 e. The van der Waals surface area contributed by atoms with Crippen LogP contribution in [0.15, 0.2) is 24.3 Å². The molecule has 5 rings (SSSR count). The number of guanidine groups is 2. The summed E-state index contributed by atoms with van der Waals surface area (Å²) in [4.78, 5) is 39.3. The maximum absolute atomic E-state index is 13.1. The van der Waals surface area contributed by atoms with Crippen molar-refractivity contribution in [2.45, 2.75) is 48.6 Å². The van der Waals surface area contributed by atoms with Crippen LogP contribution in [0.5, 0.6) is 0 Å². The van der Waals surface area contributed by atoms with Gasteiger partial charge in [-0.3, -0.25) is 30.1 Å². The van der Waals surface area contributed by atoms with Gasteiger partial charge in [0.25, 0.3) is 5.91 Å². The Kier molecular flexibility index (Phi) is 5.38. The molecule has 13 nitrogen and oxygen atoms in total. The van der Waals surface area contributed by atoms with Crippen LogP contribution in [0.25, 0.3) is 0 Å². The van der Waals surface area contributed by atoms with Gasteiger partial charge >= 0.3 is 6.18 Å². The molecule has 0 aliphatic carbocycles. The van der Waals surface area contributed by atoms with Crippen LogP contribution < -0.4 is 21.3 Å². The molecule has 198 valence electrons. The average molecular weight is 524 g/mol. The molecule has 1 aromatic carbocycles. The third kappa shape index (κ3) is 3.66. The molecule has 4 aliphatic heterocycles. The molecule has 4 aliphatic rings. The number of hydrogen-bond donors (Lipinski definition) is 8. The minimum atomic E-state index is -4.69. The summed E-state index contributed by atoms with van der Waals surface area (Å²) < 4.78 is 39.3. The maximum Gasteiger partial charge on any atom is 0.416 e. The number of aliphatic hydroxyl groups is 2. The van der Waals surface area contributed by atoms with Gasteiger partial charge in [0.05, 0.1) is 24.2 Å². The molecule has 2 unspecified atom stereocenters. The Morgan fingerprint density at radius 3 is 2.49 bits per heavy atom. The highest BCUT2D eigenvalue weighted by molar-refractivity contribution is 6.02. The topological polar surface area (TPSA) is 194 Å². The molecular formula is C21H23F3N8O5. The van der Waals surface area contributed by atoms with Gasteiger partial charge in [0.15, 0.2) is 17.6 Å². The van der Waals surface area contributed by atoms with E-state index in [0.717, 1.165) is 23.1 Å². The summed E-state index contributed by atoms with van der Waals surface area (Å²) in [6.45, 7) is -0.587. The van der Waals surface area contributed by atoms with Crippen molar-refractivity contribution in [3.63, 3.8) is 0 Å². The summed E-state index contributed by atoms with van der Waals surface area (Å²) >= 11 is 0. The molecule has 8 N–H and O–H groups in total. The van der Waals surface area contributed by atoms with Gasteiger partial charge in [0.1, 0.15) is 6.04 Å². The Balaban J connectivity index is 1.44. The SMILES string of the molecule is N=C1NC2[C@H](CN3C(=O)CCC3=O)NC(=N)N3C[C@H](NC(=O)c4cccc(C(F)(F)F)c4)C(O)(O)C23N1. The van der Waals surface area contributed by atoms with Gasteiger partial charge in [0, 0.05) is 24.9 Å². The third-order valence-electron chi connectivity index (χ3n) is 7.19.